The highest BCUT2D eigenvalue weighted by Gasteiger charge is 2.36. The summed E-state index contributed by atoms with van der Waals surface area (Å²) in [6.45, 7) is 11.3. The van der Waals surface area contributed by atoms with Crippen LogP contribution in [0.5, 0.6) is 0 Å². The lowest BCUT2D eigenvalue weighted by Gasteiger charge is -2.26. The van der Waals surface area contributed by atoms with E-state index >= 15 is 0 Å². The molecule has 3 unspecified atom stereocenters. The molecule has 104 heavy (non-hydrogen) atoms. The zero-order valence-electron chi connectivity index (χ0n) is 57.5. The molecule has 3 atom stereocenters. The zero-order chi connectivity index (χ0) is 70.6. The number of ketones is 4. The van der Waals surface area contributed by atoms with Gasteiger partial charge in [0.05, 0.1) is 77.0 Å². The molecule has 3 fully saturated rings. The van der Waals surface area contributed by atoms with Gasteiger partial charge in [-0.15, -0.1) is 11.3 Å². The second-order valence-corrected chi connectivity index (χ2v) is 31.2. The van der Waals surface area contributed by atoms with Gasteiger partial charge in [-0.1, -0.05) is 131 Å². The minimum absolute atomic E-state index is 0.176. The number of thiazole rings is 4. The molecule has 0 spiro atoms. The van der Waals surface area contributed by atoms with Crippen LogP contribution in [0.25, 0.3) is 48.5 Å². The molecule has 12 aromatic rings. The molecule has 17 nitrogen and oxygen atoms in total. The maximum absolute atomic E-state index is 12.7. The van der Waals surface area contributed by atoms with Gasteiger partial charge in [0.1, 0.15) is 9.88 Å². The fourth-order valence-electron chi connectivity index (χ4n) is 14.7. The van der Waals surface area contributed by atoms with Gasteiger partial charge in [-0.3, -0.25) is 34.1 Å². The molecule has 10 heterocycles. The zero-order valence-corrected chi connectivity index (χ0v) is 61.5. The van der Waals surface area contributed by atoms with E-state index in [1.54, 1.807) is 35.1 Å². The van der Waals surface area contributed by atoms with Crippen LogP contribution in [-0.4, -0.2) is 137 Å². The van der Waals surface area contributed by atoms with E-state index in [-0.39, 0.29) is 40.9 Å². The monoisotopic (exact) mass is 1470 g/mol. The maximum atomic E-state index is 12.7. The van der Waals surface area contributed by atoms with Gasteiger partial charge in [-0.05, 0) is 131 Å². The van der Waals surface area contributed by atoms with Gasteiger partial charge in [0.25, 0.3) is 0 Å². The summed E-state index contributed by atoms with van der Waals surface area (Å²) < 4.78 is 16.3. The number of aryl methyl sites for hydroxylation is 1. The van der Waals surface area contributed by atoms with Crippen molar-refractivity contribution in [3.63, 3.8) is 0 Å². The van der Waals surface area contributed by atoms with Crippen molar-refractivity contribution in [2.45, 2.75) is 82.5 Å². The number of aromatic nitrogens is 7. The van der Waals surface area contributed by atoms with Crippen LogP contribution in [-0.2, 0) is 14.2 Å². The number of rotatable bonds is 8. The lowest BCUT2D eigenvalue weighted by atomic mass is 9.84. The van der Waals surface area contributed by atoms with Crippen LogP contribution >= 0.6 is 56.9 Å². The summed E-state index contributed by atoms with van der Waals surface area (Å²) in [7, 11) is 0. The van der Waals surface area contributed by atoms with Gasteiger partial charge in [0, 0.05) is 146 Å². The summed E-state index contributed by atoms with van der Waals surface area (Å²) in [5, 5.41) is 11.5. The van der Waals surface area contributed by atoms with E-state index in [2.05, 4.69) is 127 Å². The molecule has 526 valence electrons. The van der Waals surface area contributed by atoms with Crippen LogP contribution in [0.4, 0.5) is 15.4 Å². The molecule has 22 heteroatoms. The summed E-state index contributed by atoms with van der Waals surface area (Å²) in [6.07, 6.45) is 17.9. The Hall–Kier alpha value is -9.16. The third-order valence-electron chi connectivity index (χ3n) is 20.2. The molecule has 19 rings (SSSR count). The summed E-state index contributed by atoms with van der Waals surface area (Å²) in [5.74, 6) is 1.41. The third-order valence-corrected chi connectivity index (χ3v) is 25.1. The Kier molecular flexibility index (Phi) is 20.8. The van der Waals surface area contributed by atoms with Crippen LogP contribution in [0.3, 0.4) is 0 Å². The van der Waals surface area contributed by atoms with Crippen molar-refractivity contribution >= 4 is 133 Å². The quantitative estimate of drug-likeness (QED) is 0.130. The van der Waals surface area contributed by atoms with Crippen molar-refractivity contribution in [3.05, 3.63) is 240 Å². The summed E-state index contributed by atoms with van der Waals surface area (Å²) >= 11 is 12.2. The normalized spacial score (nSPS) is 18.9. The molecular weight excluding hydrogens is 1400 g/mol. The molecule has 3 saturated heterocycles. The predicted molar refractivity (Wildman–Crippen MR) is 416 cm³/mol. The Bertz CT molecular complexity index is 5230. The van der Waals surface area contributed by atoms with Crippen LogP contribution < -0.4 is 14.7 Å². The van der Waals surface area contributed by atoms with Crippen molar-refractivity contribution in [1.29, 1.82) is 0 Å². The second-order valence-electron chi connectivity index (χ2n) is 26.9. The van der Waals surface area contributed by atoms with Crippen LogP contribution in [0.15, 0.2) is 164 Å². The van der Waals surface area contributed by atoms with Gasteiger partial charge in [0.15, 0.2) is 38.5 Å². The van der Waals surface area contributed by atoms with E-state index in [1.807, 2.05) is 61.9 Å². The largest absolute Gasteiger partial charge is 0.378 e. The first kappa shape index (κ1) is 69.2. The first-order valence-corrected chi connectivity index (χ1v) is 39.3. The number of ether oxygens (including phenoxy) is 3. The Morgan fingerprint density at radius 3 is 1.53 bits per heavy atom. The fourth-order valence-corrected chi connectivity index (χ4v) is 19.3. The lowest BCUT2D eigenvalue weighted by Crippen LogP contribution is -2.36. The van der Waals surface area contributed by atoms with Crippen molar-refractivity contribution in [2.24, 2.45) is 0 Å². The number of pyridine rings is 3. The minimum Gasteiger partial charge on any atom is -0.378 e. The van der Waals surface area contributed by atoms with Gasteiger partial charge in [-0.2, -0.15) is 0 Å². The Morgan fingerprint density at radius 1 is 0.433 bits per heavy atom. The third kappa shape index (κ3) is 15.0. The number of nitrogens with zero attached hydrogens (tertiary/aromatic N) is 10. The predicted octanol–water partition coefficient (Wildman–Crippen LogP) is 17.5. The number of morpholine rings is 3. The van der Waals surface area contributed by atoms with Crippen molar-refractivity contribution in [2.75, 3.05) is 93.6 Å². The number of benzene rings is 5. The standard InChI is InChI=1S/C23H18N2OS.C21H19N3O2S.C20H19N3O2S.C18H19ClN2O2S/c1-14-12-18(10-11-24-14)23-25-21-19(8-9-20(26)22(21)27-23)17-7-6-15-4-2-3-5-16(15)13-17;25-18-3-1-2-17(15-5-4-14-6-7-22-13-16(14)12-15)19-20(18)27-21(23-19)24-8-10-26-11-9-24;24-17-4-3-16(14-2-1-13-5-6-21-12-15(13)11-14)18-19(17)26-20(22-18)23-7-9-25-10-8-23;19-13-6-4-12(5-7-13)14-2-1-3-15(22)17-16(14)20-18(24-17)21-8-10-23-11-9-21/h2-7,10-13,19H,8-9H2,1H3;2,4-7,12-13H,1,3,8-11H2;1-2,5-6,11-12,16H,3-4,7-10H2;4-7,14H,1-3,8-11H2. The highest BCUT2D eigenvalue weighted by atomic mass is 35.5. The molecule has 0 radical (unpaired) electrons. The van der Waals surface area contributed by atoms with Crippen LogP contribution in [0, 0.1) is 6.92 Å². The maximum Gasteiger partial charge on any atom is 0.186 e. The van der Waals surface area contributed by atoms with Gasteiger partial charge in [-0.25, -0.2) is 19.9 Å². The molecule has 0 bridgehead atoms. The number of carbonyl (C=O) groups excluding carboxylic acids is 4. The SMILES string of the molecule is Cc1cc(-c2nc3c(s2)C(=O)CCC3c2ccc3ccccc3c2)ccn1.O=C1CCC(c2ccc3ccncc3c2)c2nc(N3CCOCC3)sc21.O=C1CCC=C(c2ccc3ccncc3c2)c2nc(N3CCOCC3)sc21.O=C1CCCC(c2ccc(Cl)cc2)c2nc(N3CCOCC3)sc21. The summed E-state index contributed by atoms with van der Waals surface area (Å²) in [5.41, 5.74) is 11.5. The number of Topliss-reactive ketones (excluding diaryl/α,β-unsaturated/α-hetero) is 4. The molecule has 5 aromatic carbocycles. The molecule has 7 aliphatic rings. The number of halogens is 1. The van der Waals surface area contributed by atoms with E-state index in [0.717, 1.165) is 204 Å². The molecule has 0 amide bonds. The number of allylic oxidation sites excluding steroid dienone is 1. The highest BCUT2D eigenvalue weighted by Crippen LogP contribution is 2.46. The molecule has 7 aromatic heterocycles. The van der Waals surface area contributed by atoms with E-state index in [0.29, 0.717) is 38.9 Å². The number of fused-ring (bicyclic) bond motifs is 7. The Labute approximate surface area is 623 Å². The van der Waals surface area contributed by atoms with Gasteiger partial charge in [0.2, 0.25) is 0 Å². The molecule has 0 saturated carbocycles. The van der Waals surface area contributed by atoms with Crippen LogP contribution in [0.2, 0.25) is 5.02 Å². The Morgan fingerprint density at radius 2 is 0.923 bits per heavy atom. The number of carbonyl (C=O) groups is 4. The summed E-state index contributed by atoms with van der Waals surface area (Å²) in [4.78, 5) is 92.6. The Balaban J connectivity index is 0.000000107. The molecule has 3 aliphatic heterocycles. The van der Waals surface area contributed by atoms with E-state index < -0.39 is 0 Å². The first-order valence-electron chi connectivity index (χ1n) is 35.7. The lowest BCUT2D eigenvalue weighted by molar-refractivity contribution is 0.0965. The smallest absolute Gasteiger partial charge is 0.186 e. The molecule has 4 aliphatic carbocycles. The average Bonchev–Trinajstić information content (AvgIpc) is 1.57. The fraction of sp³-hybridized carbons (Fsp3) is 0.305. The number of hydrogen-bond donors (Lipinski definition) is 0. The molecular formula is C82H75ClN10O7S4. The van der Waals surface area contributed by atoms with Crippen molar-refractivity contribution in [3.8, 4) is 10.6 Å². The van der Waals surface area contributed by atoms with Crippen molar-refractivity contribution < 1.29 is 33.4 Å². The highest BCUT2D eigenvalue weighted by molar-refractivity contribution is 7.18. The van der Waals surface area contributed by atoms with Crippen LogP contribution in [0.1, 0.15) is 165 Å². The second kappa shape index (κ2) is 31.3. The van der Waals surface area contributed by atoms with Gasteiger partial charge < -0.3 is 28.9 Å². The van der Waals surface area contributed by atoms with Crippen molar-refractivity contribution in [1.82, 2.24) is 34.9 Å². The van der Waals surface area contributed by atoms with E-state index in [4.69, 9.17) is 45.7 Å². The molecule has 0 N–H and O–H groups in total. The number of anilines is 3. The summed E-state index contributed by atoms with van der Waals surface area (Å²) in [6, 6.07) is 43.8. The first-order chi connectivity index (χ1) is 51.0. The minimum atomic E-state index is 0.176. The topological polar surface area (TPSA) is 196 Å². The van der Waals surface area contributed by atoms with E-state index in [9.17, 15) is 19.2 Å². The van der Waals surface area contributed by atoms with Gasteiger partial charge >= 0.3 is 0 Å². The van der Waals surface area contributed by atoms with E-state index in [1.165, 1.54) is 55.5 Å². The average molecular weight is 1480 g/mol. The number of hydrogen-bond acceptors (Lipinski definition) is 21.